The van der Waals surface area contributed by atoms with Crippen molar-refractivity contribution >= 4 is 23.5 Å². The van der Waals surface area contributed by atoms with Crippen LogP contribution in [0.3, 0.4) is 0 Å². The van der Waals surface area contributed by atoms with E-state index in [4.69, 9.17) is 9.47 Å². The molecule has 0 aliphatic heterocycles. The van der Waals surface area contributed by atoms with Crippen LogP contribution in [0.25, 0.3) is 0 Å². The van der Waals surface area contributed by atoms with Crippen LogP contribution in [0.1, 0.15) is 109 Å². The molecule has 0 aromatic rings. The third-order valence-corrected chi connectivity index (χ3v) is 4.92. The van der Waals surface area contributed by atoms with Crippen LogP contribution in [0, 0.1) is 21.7 Å². The Bertz CT molecular complexity index is 626. The van der Waals surface area contributed by atoms with Gasteiger partial charge in [-0.05, 0) is 10.8 Å². The molecule has 0 fully saturated rings. The molecule has 0 saturated carbocycles. The molecule has 0 amide bonds. The minimum atomic E-state index is -1.44. The third kappa shape index (κ3) is 12.0. The van der Waals surface area contributed by atoms with Crippen LogP contribution < -0.4 is 0 Å². The van der Waals surface area contributed by atoms with Gasteiger partial charge in [0.2, 0.25) is 0 Å². The zero-order chi connectivity index (χ0) is 25.1. The molecule has 0 atom stereocenters. The van der Waals surface area contributed by atoms with Crippen molar-refractivity contribution in [2.45, 2.75) is 115 Å². The second-order valence-electron chi connectivity index (χ2n) is 12.7. The van der Waals surface area contributed by atoms with E-state index in [0.717, 1.165) is 0 Å². The van der Waals surface area contributed by atoms with Crippen LogP contribution in [0.5, 0.6) is 0 Å². The Labute approximate surface area is 188 Å². The molecule has 0 N–H and O–H groups in total. The number of ketones is 2. The van der Waals surface area contributed by atoms with E-state index in [0.29, 0.717) is 0 Å². The monoisotopic (exact) mass is 440 g/mol. The van der Waals surface area contributed by atoms with Crippen molar-refractivity contribution in [3.8, 4) is 0 Å². The van der Waals surface area contributed by atoms with Gasteiger partial charge in [-0.25, -0.2) is 0 Å². The summed E-state index contributed by atoms with van der Waals surface area (Å²) in [5, 5.41) is 0. The van der Waals surface area contributed by atoms with Gasteiger partial charge >= 0.3 is 11.9 Å². The molecule has 0 aromatic heterocycles. The third-order valence-electron chi connectivity index (χ3n) is 4.92. The maximum Gasteiger partial charge on any atom is 0.309 e. The SMILES string of the molecule is CC(C)(CC(=O)OC(C)(C)OC(=O)CC(C)(C)CC(=O)C(C)(C)C)CC(=O)C(C)(C)C. The summed E-state index contributed by atoms with van der Waals surface area (Å²) < 4.78 is 10.8. The van der Waals surface area contributed by atoms with Gasteiger partial charge in [-0.2, -0.15) is 0 Å². The summed E-state index contributed by atoms with van der Waals surface area (Å²) in [7, 11) is 0. The molecule has 0 aromatic carbocycles. The Morgan fingerprint density at radius 1 is 0.484 bits per heavy atom. The Hall–Kier alpha value is -1.72. The zero-order valence-corrected chi connectivity index (χ0v) is 21.8. The summed E-state index contributed by atoms with van der Waals surface area (Å²) in [6.07, 6.45) is 0.562. The van der Waals surface area contributed by atoms with E-state index < -0.39 is 39.4 Å². The van der Waals surface area contributed by atoms with Crippen molar-refractivity contribution < 1.29 is 28.7 Å². The Morgan fingerprint density at radius 3 is 0.968 bits per heavy atom. The van der Waals surface area contributed by atoms with E-state index in [9.17, 15) is 19.2 Å². The zero-order valence-electron chi connectivity index (χ0n) is 21.8. The van der Waals surface area contributed by atoms with Crippen molar-refractivity contribution in [3.63, 3.8) is 0 Å². The average Bonchev–Trinajstić information content (AvgIpc) is 2.40. The van der Waals surface area contributed by atoms with Crippen LogP contribution in [0.15, 0.2) is 0 Å². The summed E-state index contributed by atoms with van der Waals surface area (Å²) in [6, 6.07) is 0. The van der Waals surface area contributed by atoms with Gasteiger partial charge in [0, 0.05) is 37.5 Å². The predicted molar refractivity (Wildman–Crippen MR) is 121 cm³/mol. The predicted octanol–water partition coefficient (Wildman–Crippen LogP) is 5.65. The van der Waals surface area contributed by atoms with Gasteiger partial charge in [-0.1, -0.05) is 69.2 Å². The Morgan fingerprint density at radius 2 is 0.742 bits per heavy atom. The summed E-state index contributed by atoms with van der Waals surface area (Å²) in [4.78, 5) is 49.6. The first-order valence-corrected chi connectivity index (χ1v) is 11.0. The number of carbonyl (C=O) groups is 4. The maximum absolute atomic E-state index is 12.5. The first-order valence-electron chi connectivity index (χ1n) is 11.0. The van der Waals surface area contributed by atoms with Gasteiger partial charge in [-0.15, -0.1) is 0 Å². The first kappa shape index (κ1) is 29.3. The highest BCUT2D eigenvalue weighted by atomic mass is 16.7. The molecule has 0 heterocycles. The van der Waals surface area contributed by atoms with Gasteiger partial charge < -0.3 is 9.47 Å². The largest absolute Gasteiger partial charge is 0.423 e. The number of hydrogen-bond acceptors (Lipinski definition) is 6. The lowest BCUT2D eigenvalue weighted by molar-refractivity contribution is -0.218. The molecule has 0 saturated heterocycles. The van der Waals surface area contributed by atoms with E-state index in [2.05, 4.69) is 0 Å². The highest BCUT2D eigenvalue weighted by Crippen LogP contribution is 2.33. The number of ether oxygens (including phenoxy) is 2. The molecule has 31 heavy (non-hydrogen) atoms. The van der Waals surface area contributed by atoms with Crippen LogP contribution in [0.4, 0.5) is 0 Å². The highest BCUT2D eigenvalue weighted by Gasteiger charge is 2.36. The molecule has 0 rings (SSSR count). The van der Waals surface area contributed by atoms with E-state index in [1.54, 1.807) is 0 Å². The minimum absolute atomic E-state index is 0.0291. The molecule has 0 aliphatic carbocycles. The van der Waals surface area contributed by atoms with Crippen LogP contribution in [-0.2, 0) is 28.7 Å². The normalized spacial score (nSPS) is 13.5. The van der Waals surface area contributed by atoms with E-state index in [1.165, 1.54) is 13.8 Å². The van der Waals surface area contributed by atoms with Crippen molar-refractivity contribution in [1.82, 2.24) is 0 Å². The van der Waals surface area contributed by atoms with E-state index in [1.807, 2.05) is 69.2 Å². The van der Waals surface area contributed by atoms with Crippen LogP contribution >= 0.6 is 0 Å². The number of carbonyl (C=O) groups excluding carboxylic acids is 4. The molecule has 6 nitrogen and oxygen atoms in total. The Balaban J connectivity index is 4.88. The van der Waals surface area contributed by atoms with Gasteiger partial charge in [0.05, 0.1) is 12.8 Å². The highest BCUT2D eigenvalue weighted by molar-refractivity contribution is 5.85. The fourth-order valence-electron chi connectivity index (χ4n) is 2.95. The number of esters is 2. The number of Topliss-reactive ketones (excluding diaryl/α,β-unsaturated/α-hetero) is 2. The summed E-state index contributed by atoms with van der Waals surface area (Å²) in [6.45, 7) is 21.5. The lowest BCUT2D eigenvalue weighted by Crippen LogP contribution is -2.37. The second-order valence-corrected chi connectivity index (χ2v) is 12.7. The lowest BCUT2D eigenvalue weighted by atomic mass is 9.77. The maximum atomic E-state index is 12.5. The molecular weight excluding hydrogens is 396 g/mol. The molecule has 0 unspecified atom stereocenters. The first-order chi connectivity index (χ1) is 13.5. The van der Waals surface area contributed by atoms with Crippen LogP contribution in [0.2, 0.25) is 0 Å². The lowest BCUT2D eigenvalue weighted by Gasteiger charge is -2.31. The number of rotatable bonds is 10. The van der Waals surface area contributed by atoms with Crippen molar-refractivity contribution in [2.75, 3.05) is 0 Å². The average molecular weight is 441 g/mol. The fraction of sp³-hybridized carbons (Fsp3) is 0.840. The topological polar surface area (TPSA) is 86.7 Å². The van der Waals surface area contributed by atoms with Gasteiger partial charge in [-0.3, -0.25) is 19.2 Å². The standard InChI is InChI=1S/C25H44O6/c1-21(2,3)17(26)13-23(7,8)15-19(28)30-25(11,12)31-20(29)16-24(9,10)14-18(27)22(4,5)6/h13-16H2,1-12H3. The molecular formula is C25H44O6. The van der Waals surface area contributed by atoms with Crippen molar-refractivity contribution in [2.24, 2.45) is 21.7 Å². The van der Waals surface area contributed by atoms with Gasteiger partial charge in [0.15, 0.2) is 0 Å². The fourth-order valence-corrected chi connectivity index (χ4v) is 2.95. The van der Waals surface area contributed by atoms with Gasteiger partial charge in [0.25, 0.3) is 5.79 Å². The molecule has 6 heteroatoms. The minimum Gasteiger partial charge on any atom is -0.423 e. The smallest absolute Gasteiger partial charge is 0.309 e. The molecule has 0 radical (unpaired) electrons. The summed E-state index contributed by atoms with van der Waals surface area (Å²) >= 11 is 0. The summed E-state index contributed by atoms with van der Waals surface area (Å²) in [5.74, 6) is -2.37. The summed E-state index contributed by atoms with van der Waals surface area (Å²) in [5.41, 5.74) is -2.10. The molecule has 0 aliphatic rings. The second kappa shape index (κ2) is 9.83. The number of hydrogen-bond donors (Lipinski definition) is 0. The Kier molecular flexibility index (Phi) is 9.28. The van der Waals surface area contributed by atoms with Crippen LogP contribution in [-0.4, -0.2) is 29.3 Å². The van der Waals surface area contributed by atoms with Crippen molar-refractivity contribution in [3.05, 3.63) is 0 Å². The molecule has 0 spiro atoms. The molecule has 180 valence electrons. The van der Waals surface area contributed by atoms with Crippen molar-refractivity contribution in [1.29, 1.82) is 0 Å². The van der Waals surface area contributed by atoms with Gasteiger partial charge in [0.1, 0.15) is 11.6 Å². The van der Waals surface area contributed by atoms with E-state index >= 15 is 0 Å². The quantitative estimate of drug-likeness (QED) is 0.322. The van der Waals surface area contributed by atoms with E-state index in [-0.39, 0.29) is 37.2 Å². The molecule has 0 bridgehead atoms.